The van der Waals surface area contributed by atoms with Gasteiger partial charge in [0.1, 0.15) is 12.4 Å². The van der Waals surface area contributed by atoms with Crippen molar-refractivity contribution in [1.29, 1.82) is 0 Å². The summed E-state index contributed by atoms with van der Waals surface area (Å²) in [6.45, 7) is -1.37. The molecule has 0 unspecified atom stereocenters. The molecular formula is C8H9F3N2O. The Hall–Kier alpha value is -1.30. The lowest BCUT2D eigenvalue weighted by Gasteiger charge is -2.07. The highest BCUT2D eigenvalue weighted by Crippen LogP contribution is 2.15. The molecule has 14 heavy (non-hydrogen) atoms. The van der Waals surface area contributed by atoms with Gasteiger partial charge >= 0.3 is 6.18 Å². The van der Waals surface area contributed by atoms with Crippen molar-refractivity contribution in [3.63, 3.8) is 0 Å². The first-order chi connectivity index (χ1) is 6.47. The molecule has 1 heterocycles. The van der Waals surface area contributed by atoms with E-state index in [0.717, 1.165) is 0 Å². The predicted molar refractivity (Wildman–Crippen MR) is 44.4 cm³/mol. The van der Waals surface area contributed by atoms with Crippen LogP contribution < -0.4 is 5.73 Å². The second-order valence-corrected chi connectivity index (χ2v) is 2.70. The average molecular weight is 206 g/mol. The standard InChI is InChI=1S/C8H9F3N2O/c9-8(10,11)5-14-4-6-1-2-7(12)13-3-6/h1-3H,4-5H2,(H2,12,13). The van der Waals surface area contributed by atoms with Crippen LogP contribution in [0.1, 0.15) is 5.56 Å². The maximum Gasteiger partial charge on any atom is 0.411 e. The van der Waals surface area contributed by atoms with Gasteiger partial charge in [0.05, 0.1) is 6.61 Å². The van der Waals surface area contributed by atoms with E-state index < -0.39 is 12.8 Å². The number of rotatable bonds is 3. The van der Waals surface area contributed by atoms with Gasteiger partial charge in [-0.1, -0.05) is 6.07 Å². The molecule has 0 radical (unpaired) electrons. The normalized spacial score (nSPS) is 11.6. The third kappa shape index (κ3) is 4.08. The smallest absolute Gasteiger partial charge is 0.384 e. The highest BCUT2D eigenvalue weighted by Gasteiger charge is 2.27. The van der Waals surface area contributed by atoms with Gasteiger partial charge in [0.25, 0.3) is 0 Å². The highest BCUT2D eigenvalue weighted by molar-refractivity contribution is 5.28. The van der Waals surface area contributed by atoms with Crippen LogP contribution in [-0.2, 0) is 11.3 Å². The van der Waals surface area contributed by atoms with Crippen LogP contribution in [0, 0.1) is 0 Å². The molecule has 0 aliphatic rings. The first kappa shape index (κ1) is 10.8. The summed E-state index contributed by atoms with van der Waals surface area (Å²) in [7, 11) is 0. The molecule has 78 valence electrons. The summed E-state index contributed by atoms with van der Waals surface area (Å²) < 4.78 is 39.4. The molecule has 6 heteroatoms. The molecule has 0 atom stereocenters. The van der Waals surface area contributed by atoms with Gasteiger partial charge in [0, 0.05) is 6.20 Å². The Balaban J connectivity index is 2.35. The number of ether oxygens (including phenoxy) is 1. The van der Waals surface area contributed by atoms with Crippen molar-refractivity contribution < 1.29 is 17.9 Å². The van der Waals surface area contributed by atoms with Crippen molar-refractivity contribution >= 4 is 5.82 Å². The van der Waals surface area contributed by atoms with E-state index in [1.807, 2.05) is 0 Å². The fraction of sp³-hybridized carbons (Fsp3) is 0.375. The number of alkyl halides is 3. The summed E-state index contributed by atoms with van der Waals surface area (Å²) in [5, 5.41) is 0. The fourth-order valence-corrected chi connectivity index (χ4v) is 0.806. The third-order valence-electron chi connectivity index (χ3n) is 1.38. The zero-order chi connectivity index (χ0) is 10.6. The van der Waals surface area contributed by atoms with Crippen LogP contribution in [-0.4, -0.2) is 17.8 Å². The van der Waals surface area contributed by atoms with E-state index >= 15 is 0 Å². The number of halogens is 3. The van der Waals surface area contributed by atoms with Crippen LogP contribution in [0.5, 0.6) is 0 Å². The summed E-state index contributed by atoms with van der Waals surface area (Å²) in [6, 6.07) is 3.07. The van der Waals surface area contributed by atoms with Crippen LogP contribution in [0.2, 0.25) is 0 Å². The molecule has 0 saturated heterocycles. The SMILES string of the molecule is Nc1ccc(COCC(F)(F)F)cn1. The van der Waals surface area contributed by atoms with Crippen LogP contribution in [0.3, 0.4) is 0 Å². The van der Waals surface area contributed by atoms with E-state index in [4.69, 9.17) is 5.73 Å². The Kier molecular flexibility index (Phi) is 3.29. The third-order valence-corrected chi connectivity index (χ3v) is 1.38. The fourth-order valence-electron chi connectivity index (χ4n) is 0.806. The second kappa shape index (κ2) is 4.28. The van der Waals surface area contributed by atoms with Gasteiger partial charge in [0.2, 0.25) is 0 Å². The topological polar surface area (TPSA) is 48.1 Å². The lowest BCUT2D eigenvalue weighted by Crippen LogP contribution is -2.16. The zero-order valence-corrected chi connectivity index (χ0v) is 7.21. The molecule has 0 amide bonds. The molecule has 0 fully saturated rings. The Bertz CT molecular complexity index is 284. The monoisotopic (exact) mass is 206 g/mol. The largest absolute Gasteiger partial charge is 0.411 e. The lowest BCUT2D eigenvalue weighted by atomic mass is 10.3. The number of anilines is 1. The zero-order valence-electron chi connectivity index (χ0n) is 7.21. The summed E-state index contributed by atoms with van der Waals surface area (Å²) in [5.74, 6) is 0.324. The molecule has 1 aromatic heterocycles. The van der Waals surface area contributed by atoms with Crippen molar-refractivity contribution in [2.45, 2.75) is 12.8 Å². The minimum absolute atomic E-state index is 0.118. The minimum atomic E-state index is -4.29. The second-order valence-electron chi connectivity index (χ2n) is 2.70. The average Bonchev–Trinajstić information content (AvgIpc) is 2.06. The lowest BCUT2D eigenvalue weighted by molar-refractivity contribution is -0.176. The molecule has 0 bridgehead atoms. The van der Waals surface area contributed by atoms with E-state index in [0.29, 0.717) is 11.4 Å². The van der Waals surface area contributed by atoms with E-state index in [-0.39, 0.29) is 6.61 Å². The molecule has 0 aliphatic heterocycles. The summed E-state index contributed by atoms with van der Waals surface area (Å²) in [4.78, 5) is 3.71. The minimum Gasteiger partial charge on any atom is -0.384 e. The maximum atomic E-state index is 11.7. The van der Waals surface area contributed by atoms with Gasteiger partial charge < -0.3 is 10.5 Å². The van der Waals surface area contributed by atoms with Crippen molar-refractivity contribution in [2.24, 2.45) is 0 Å². The first-order valence-electron chi connectivity index (χ1n) is 3.82. The number of hydrogen-bond acceptors (Lipinski definition) is 3. The van der Waals surface area contributed by atoms with Crippen LogP contribution in [0.15, 0.2) is 18.3 Å². The summed E-state index contributed by atoms with van der Waals surface area (Å²) in [6.07, 6.45) is -2.91. The highest BCUT2D eigenvalue weighted by atomic mass is 19.4. The number of aromatic nitrogens is 1. The van der Waals surface area contributed by atoms with E-state index in [9.17, 15) is 13.2 Å². The van der Waals surface area contributed by atoms with Gasteiger partial charge in [-0.3, -0.25) is 0 Å². The van der Waals surface area contributed by atoms with Gasteiger partial charge in [-0.2, -0.15) is 13.2 Å². The van der Waals surface area contributed by atoms with Crippen LogP contribution in [0.4, 0.5) is 19.0 Å². The van der Waals surface area contributed by atoms with Crippen molar-refractivity contribution in [2.75, 3.05) is 12.3 Å². The van der Waals surface area contributed by atoms with E-state index in [2.05, 4.69) is 9.72 Å². The number of nitrogen functional groups attached to an aromatic ring is 1. The van der Waals surface area contributed by atoms with E-state index in [1.54, 1.807) is 6.07 Å². The van der Waals surface area contributed by atoms with E-state index in [1.165, 1.54) is 12.3 Å². The molecule has 0 spiro atoms. The van der Waals surface area contributed by atoms with Gasteiger partial charge in [0.15, 0.2) is 0 Å². The maximum absolute atomic E-state index is 11.7. The van der Waals surface area contributed by atoms with Crippen LogP contribution >= 0.6 is 0 Å². The van der Waals surface area contributed by atoms with Gasteiger partial charge in [-0.25, -0.2) is 4.98 Å². The summed E-state index contributed by atoms with van der Waals surface area (Å²) in [5.41, 5.74) is 5.85. The number of hydrogen-bond donors (Lipinski definition) is 1. The number of nitrogens with zero attached hydrogens (tertiary/aromatic N) is 1. The first-order valence-corrected chi connectivity index (χ1v) is 3.82. The van der Waals surface area contributed by atoms with Crippen molar-refractivity contribution in [3.8, 4) is 0 Å². The van der Waals surface area contributed by atoms with Gasteiger partial charge in [-0.15, -0.1) is 0 Å². The van der Waals surface area contributed by atoms with Crippen molar-refractivity contribution in [3.05, 3.63) is 23.9 Å². The Labute approximate surface area is 78.7 Å². The van der Waals surface area contributed by atoms with Crippen LogP contribution in [0.25, 0.3) is 0 Å². The molecule has 1 aromatic rings. The molecule has 3 nitrogen and oxygen atoms in total. The summed E-state index contributed by atoms with van der Waals surface area (Å²) >= 11 is 0. The molecule has 1 rings (SSSR count). The predicted octanol–water partition coefficient (Wildman–Crippen LogP) is 1.74. The van der Waals surface area contributed by atoms with Crippen molar-refractivity contribution in [1.82, 2.24) is 4.98 Å². The Morgan fingerprint density at radius 2 is 2.07 bits per heavy atom. The Morgan fingerprint density at radius 3 is 2.57 bits per heavy atom. The molecule has 0 aliphatic carbocycles. The molecule has 0 aromatic carbocycles. The van der Waals surface area contributed by atoms with Gasteiger partial charge in [-0.05, 0) is 11.6 Å². The number of pyridine rings is 1. The molecular weight excluding hydrogens is 197 g/mol. The quantitative estimate of drug-likeness (QED) is 0.819. The Morgan fingerprint density at radius 1 is 1.36 bits per heavy atom. The number of nitrogens with two attached hydrogens (primary N) is 1. The molecule has 0 saturated carbocycles. The molecule has 2 N–H and O–H groups in total.